The number of hydrogen-bond donors (Lipinski definition) is 1. The fourth-order valence-electron chi connectivity index (χ4n) is 5.11. The first-order valence-corrected chi connectivity index (χ1v) is 15.8. The van der Waals surface area contributed by atoms with E-state index in [2.05, 4.69) is 34.2 Å². The van der Waals surface area contributed by atoms with Crippen LogP contribution in [-0.4, -0.2) is 90.5 Å². The molecule has 1 aromatic heterocycles. The molecule has 13 heteroatoms. The van der Waals surface area contributed by atoms with Crippen molar-refractivity contribution in [3.63, 3.8) is 0 Å². The summed E-state index contributed by atoms with van der Waals surface area (Å²) in [5, 5.41) is 7.09. The summed E-state index contributed by atoms with van der Waals surface area (Å²) < 4.78 is 30.5. The van der Waals surface area contributed by atoms with Crippen LogP contribution in [0.4, 0.5) is 5.13 Å². The Morgan fingerprint density at radius 2 is 1.95 bits per heavy atom. The van der Waals surface area contributed by atoms with Crippen LogP contribution in [0.15, 0.2) is 40.5 Å². The summed E-state index contributed by atoms with van der Waals surface area (Å²) in [4.78, 5) is 40.7. The van der Waals surface area contributed by atoms with Gasteiger partial charge in [-0.3, -0.25) is 19.8 Å². The van der Waals surface area contributed by atoms with Gasteiger partial charge in [-0.2, -0.15) is 0 Å². The summed E-state index contributed by atoms with van der Waals surface area (Å²) in [5.74, 6) is -0.428. The quantitative estimate of drug-likeness (QED) is 0.349. The molecule has 3 fully saturated rings. The first-order chi connectivity index (χ1) is 19.0. The van der Waals surface area contributed by atoms with E-state index in [1.165, 1.54) is 23.5 Å². The molecule has 2 amide bonds. The summed E-state index contributed by atoms with van der Waals surface area (Å²) in [6.45, 7) is 9.50. The van der Waals surface area contributed by atoms with Crippen LogP contribution in [0.25, 0.3) is 0 Å². The zero-order valence-corrected chi connectivity index (χ0v) is 24.6. The highest BCUT2D eigenvalue weighted by molar-refractivity contribution is 7.92. The molecule has 216 valence electrons. The molecule has 1 saturated carbocycles. The number of rotatable bonds is 9. The van der Waals surface area contributed by atoms with Gasteiger partial charge in [0.25, 0.3) is 5.91 Å². The maximum absolute atomic E-state index is 13.3. The number of nitrogens with zero attached hydrogens (tertiary/aromatic N) is 4. The van der Waals surface area contributed by atoms with E-state index in [0.717, 1.165) is 18.0 Å². The van der Waals surface area contributed by atoms with Crippen molar-refractivity contribution in [1.82, 2.24) is 14.8 Å². The third-order valence-corrected chi connectivity index (χ3v) is 10.5. The van der Waals surface area contributed by atoms with Gasteiger partial charge >= 0.3 is 0 Å². The number of carbonyl (C=O) groups excluding carboxylic acids is 2. The summed E-state index contributed by atoms with van der Waals surface area (Å²) in [6, 6.07) is 6.19. The van der Waals surface area contributed by atoms with Crippen LogP contribution in [0.5, 0.6) is 0 Å². The summed E-state index contributed by atoms with van der Waals surface area (Å²) in [6.07, 6.45) is 3.52. The molecule has 11 nitrogen and oxygen atoms in total. The minimum Gasteiger partial charge on any atom is -0.389 e. The molecule has 40 heavy (non-hydrogen) atoms. The van der Waals surface area contributed by atoms with Crippen LogP contribution < -0.4 is 5.32 Å². The van der Waals surface area contributed by atoms with Gasteiger partial charge in [0.2, 0.25) is 5.91 Å². The Morgan fingerprint density at radius 3 is 2.58 bits per heavy atom. The predicted molar refractivity (Wildman–Crippen MR) is 151 cm³/mol. The molecular formula is C27H35N5O6S2. The molecular weight excluding hydrogens is 554 g/mol. The molecule has 2 saturated heterocycles. The highest BCUT2D eigenvalue weighted by atomic mass is 32.2. The van der Waals surface area contributed by atoms with Crippen molar-refractivity contribution in [2.24, 2.45) is 5.16 Å². The number of amides is 2. The number of sulfone groups is 1. The number of ether oxygens (including phenoxy) is 1. The number of thiazole rings is 1. The monoisotopic (exact) mass is 589 g/mol. The Labute approximate surface area is 238 Å². The fraction of sp³-hybridized carbons (Fsp3) is 0.556. The van der Waals surface area contributed by atoms with Gasteiger partial charge in [0.05, 0.1) is 23.4 Å². The number of carbonyl (C=O) groups is 2. The molecule has 1 aliphatic carbocycles. The number of benzene rings is 1. The number of nitrogens with one attached hydrogen (secondary N) is 1. The second-order valence-corrected chi connectivity index (χ2v) is 14.4. The third kappa shape index (κ3) is 6.54. The first-order valence-electron chi connectivity index (χ1n) is 13.5. The van der Waals surface area contributed by atoms with E-state index in [1.54, 1.807) is 25.3 Å². The van der Waals surface area contributed by atoms with Gasteiger partial charge in [0.1, 0.15) is 0 Å². The number of piperazine rings is 1. The number of hydrogen-bond acceptors (Lipinski definition) is 10. The summed E-state index contributed by atoms with van der Waals surface area (Å²) >= 11 is 1.37. The van der Waals surface area contributed by atoms with Crippen molar-refractivity contribution in [3.05, 3.63) is 40.9 Å². The SMILES string of the molecule is CC(=O)N1CCN(Cc2cnc(NC(=O)/C(=N/O[C@@H]3CCOC3)c3ccc(S(=O)(=O)C4CC4)cc3)s2)CC1(C)C. The summed E-state index contributed by atoms with van der Waals surface area (Å²) in [7, 11) is -3.35. The molecule has 0 spiro atoms. The van der Waals surface area contributed by atoms with Crippen LogP contribution in [-0.2, 0) is 35.5 Å². The van der Waals surface area contributed by atoms with Crippen LogP contribution in [0.1, 0.15) is 50.5 Å². The van der Waals surface area contributed by atoms with Crippen LogP contribution in [0.2, 0.25) is 0 Å². The molecule has 0 unspecified atom stereocenters. The van der Waals surface area contributed by atoms with E-state index in [1.807, 2.05) is 4.90 Å². The highest BCUT2D eigenvalue weighted by Gasteiger charge is 2.37. The second-order valence-electron chi connectivity index (χ2n) is 11.1. The Bertz CT molecular complexity index is 1380. The largest absolute Gasteiger partial charge is 0.389 e. The number of oxime groups is 1. The summed E-state index contributed by atoms with van der Waals surface area (Å²) in [5.41, 5.74) is 0.198. The van der Waals surface area contributed by atoms with Gasteiger partial charge in [0, 0.05) is 61.7 Å². The van der Waals surface area contributed by atoms with Gasteiger partial charge in [-0.1, -0.05) is 17.3 Å². The first kappa shape index (κ1) is 28.7. The lowest BCUT2D eigenvalue weighted by atomic mass is 9.98. The van der Waals surface area contributed by atoms with Gasteiger partial charge in [-0.15, -0.1) is 11.3 Å². The van der Waals surface area contributed by atoms with Crippen LogP contribution >= 0.6 is 11.3 Å². The van der Waals surface area contributed by atoms with Crippen molar-refractivity contribution >= 4 is 43.8 Å². The Hall–Kier alpha value is -2.87. The van der Waals surface area contributed by atoms with E-state index in [0.29, 0.717) is 56.3 Å². The molecule has 2 aliphatic heterocycles. The minimum atomic E-state index is -3.35. The molecule has 2 aromatic rings. The third-order valence-electron chi connectivity index (χ3n) is 7.33. The maximum atomic E-state index is 13.3. The second kappa shape index (κ2) is 11.6. The lowest BCUT2D eigenvalue weighted by Gasteiger charge is -2.46. The van der Waals surface area contributed by atoms with Crippen molar-refractivity contribution in [1.29, 1.82) is 0 Å². The van der Waals surface area contributed by atoms with E-state index in [-0.39, 0.29) is 33.4 Å². The average molecular weight is 590 g/mol. The van der Waals surface area contributed by atoms with Crippen molar-refractivity contribution in [3.8, 4) is 0 Å². The maximum Gasteiger partial charge on any atom is 0.280 e. The normalized spacial score (nSPS) is 21.8. The fourth-order valence-corrected chi connectivity index (χ4v) is 7.62. The molecule has 3 aliphatic rings. The van der Waals surface area contributed by atoms with E-state index < -0.39 is 15.7 Å². The topological polar surface area (TPSA) is 130 Å². The van der Waals surface area contributed by atoms with Gasteiger partial charge in [-0.05, 0) is 38.8 Å². The Kier molecular flexibility index (Phi) is 8.27. The van der Waals surface area contributed by atoms with Gasteiger partial charge in [0.15, 0.2) is 26.8 Å². The number of aromatic nitrogens is 1. The molecule has 5 rings (SSSR count). The van der Waals surface area contributed by atoms with Crippen molar-refractivity contribution in [2.45, 2.75) is 68.4 Å². The van der Waals surface area contributed by atoms with Gasteiger partial charge in [-0.25, -0.2) is 13.4 Å². The lowest BCUT2D eigenvalue weighted by Crippen LogP contribution is -2.60. The molecule has 1 atom stereocenters. The standard InChI is InChI=1S/C27H35N5O6S2/c1-18(33)32-12-11-31(17-27(32,2)3)15-21-14-28-26(39-21)29-25(34)24(30-38-20-10-13-37-16-20)19-4-6-22(7-5-19)40(35,36)23-8-9-23/h4-7,14,20,23H,8-13,15-17H2,1-3H3,(H,28,29,34)/b30-24+/t20-/m1/s1. The van der Waals surface area contributed by atoms with E-state index in [4.69, 9.17) is 9.57 Å². The Morgan fingerprint density at radius 1 is 1.20 bits per heavy atom. The molecule has 3 heterocycles. The van der Waals surface area contributed by atoms with E-state index >= 15 is 0 Å². The highest BCUT2D eigenvalue weighted by Crippen LogP contribution is 2.33. The molecule has 0 bridgehead atoms. The molecule has 1 aromatic carbocycles. The minimum absolute atomic E-state index is 0.0288. The average Bonchev–Trinajstić information content (AvgIpc) is 3.48. The molecule has 1 N–H and O–H groups in total. The molecule has 0 radical (unpaired) electrons. The van der Waals surface area contributed by atoms with Gasteiger partial charge < -0.3 is 14.5 Å². The zero-order valence-electron chi connectivity index (χ0n) is 23.0. The smallest absolute Gasteiger partial charge is 0.280 e. The Balaban J connectivity index is 1.27. The van der Waals surface area contributed by atoms with Crippen LogP contribution in [0, 0.1) is 0 Å². The van der Waals surface area contributed by atoms with E-state index in [9.17, 15) is 18.0 Å². The van der Waals surface area contributed by atoms with Crippen molar-refractivity contribution in [2.75, 3.05) is 38.2 Å². The van der Waals surface area contributed by atoms with Crippen LogP contribution in [0.3, 0.4) is 0 Å². The predicted octanol–water partition coefficient (Wildman–Crippen LogP) is 2.67. The lowest BCUT2D eigenvalue weighted by molar-refractivity contribution is -0.138. The zero-order chi connectivity index (χ0) is 28.5. The van der Waals surface area contributed by atoms with Crippen molar-refractivity contribution < 1.29 is 27.6 Å². The number of anilines is 1.